The summed E-state index contributed by atoms with van der Waals surface area (Å²) in [5.74, 6) is -0.256. The molecule has 0 aromatic heterocycles. The van der Waals surface area contributed by atoms with Gasteiger partial charge >= 0.3 is 0 Å². The molecule has 2 rings (SSSR count). The van der Waals surface area contributed by atoms with Crippen LogP contribution in [0.2, 0.25) is 0 Å². The largest absolute Gasteiger partial charge is 0.343 e. The van der Waals surface area contributed by atoms with Crippen molar-refractivity contribution in [2.75, 3.05) is 51.3 Å². The second kappa shape index (κ2) is 9.05. The third-order valence-corrected chi connectivity index (χ3v) is 5.84. The molecule has 1 aromatic carbocycles. The molecule has 1 heterocycles. The average molecular weight is 410 g/mol. The SMILES string of the molecule is CC(C)(C)c1ccc(C(=O)NCC(=O)N2CCN(CCS(C)(=O)=O)CC2)cc1. The number of amides is 2. The third kappa shape index (κ3) is 6.91. The molecule has 1 aromatic rings. The van der Waals surface area contributed by atoms with Gasteiger partial charge in [-0.3, -0.25) is 14.5 Å². The van der Waals surface area contributed by atoms with Gasteiger partial charge in [0.2, 0.25) is 5.91 Å². The summed E-state index contributed by atoms with van der Waals surface area (Å²) >= 11 is 0. The van der Waals surface area contributed by atoms with Crippen LogP contribution in [0.4, 0.5) is 0 Å². The van der Waals surface area contributed by atoms with Crippen LogP contribution in [-0.4, -0.2) is 81.3 Å². The monoisotopic (exact) mass is 409 g/mol. The highest BCUT2D eigenvalue weighted by Gasteiger charge is 2.22. The second-order valence-electron chi connectivity index (χ2n) is 8.36. The smallest absolute Gasteiger partial charge is 0.251 e. The van der Waals surface area contributed by atoms with E-state index in [2.05, 4.69) is 26.1 Å². The highest BCUT2D eigenvalue weighted by molar-refractivity contribution is 7.90. The molecule has 1 saturated heterocycles. The summed E-state index contributed by atoms with van der Waals surface area (Å²) in [6.45, 7) is 9.15. The summed E-state index contributed by atoms with van der Waals surface area (Å²) in [5.41, 5.74) is 1.70. The lowest BCUT2D eigenvalue weighted by molar-refractivity contribution is -0.131. The van der Waals surface area contributed by atoms with E-state index in [1.165, 1.54) is 6.26 Å². The van der Waals surface area contributed by atoms with Gasteiger partial charge < -0.3 is 10.2 Å². The predicted molar refractivity (Wildman–Crippen MR) is 110 cm³/mol. The fourth-order valence-corrected chi connectivity index (χ4v) is 3.60. The number of nitrogens with zero attached hydrogens (tertiary/aromatic N) is 2. The summed E-state index contributed by atoms with van der Waals surface area (Å²) in [6.07, 6.45) is 1.23. The Bertz CT molecular complexity index is 790. The van der Waals surface area contributed by atoms with Crippen LogP contribution in [0, 0.1) is 0 Å². The van der Waals surface area contributed by atoms with Gasteiger partial charge in [-0.05, 0) is 23.1 Å². The number of hydrogen-bond donors (Lipinski definition) is 1. The Hall–Kier alpha value is -1.93. The van der Waals surface area contributed by atoms with Crippen molar-refractivity contribution < 1.29 is 18.0 Å². The Morgan fingerprint density at radius 3 is 2.11 bits per heavy atom. The Kier molecular flexibility index (Phi) is 7.22. The Balaban J connectivity index is 1.77. The van der Waals surface area contributed by atoms with Crippen LogP contribution in [0.5, 0.6) is 0 Å². The van der Waals surface area contributed by atoms with E-state index in [1.54, 1.807) is 17.0 Å². The number of carbonyl (C=O) groups is 2. The lowest BCUT2D eigenvalue weighted by Crippen LogP contribution is -2.51. The predicted octanol–water partition coefficient (Wildman–Crippen LogP) is 0.903. The molecule has 0 unspecified atom stereocenters. The number of hydrogen-bond acceptors (Lipinski definition) is 5. The molecule has 0 spiro atoms. The lowest BCUT2D eigenvalue weighted by atomic mass is 9.87. The van der Waals surface area contributed by atoms with Gasteiger partial charge in [-0.25, -0.2) is 8.42 Å². The summed E-state index contributed by atoms with van der Waals surface area (Å²) in [7, 11) is -2.98. The summed E-state index contributed by atoms with van der Waals surface area (Å²) in [6, 6.07) is 7.43. The van der Waals surface area contributed by atoms with E-state index in [1.807, 2.05) is 17.0 Å². The van der Waals surface area contributed by atoms with Gasteiger partial charge in [0.05, 0.1) is 12.3 Å². The highest BCUT2D eigenvalue weighted by Crippen LogP contribution is 2.22. The summed E-state index contributed by atoms with van der Waals surface area (Å²) < 4.78 is 22.5. The maximum atomic E-state index is 12.3. The van der Waals surface area contributed by atoms with Crippen molar-refractivity contribution in [3.63, 3.8) is 0 Å². The first-order valence-corrected chi connectivity index (χ1v) is 11.6. The Morgan fingerprint density at radius 2 is 1.61 bits per heavy atom. The van der Waals surface area contributed by atoms with Crippen molar-refractivity contribution in [3.05, 3.63) is 35.4 Å². The standard InChI is InChI=1S/C20H31N3O4S/c1-20(2,3)17-7-5-16(6-8-17)19(25)21-15-18(24)23-11-9-22(10-12-23)13-14-28(4,26)27/h5-8H,9-15H2,1-4H3,(H,21,25). The van der Waals surface area contributed by atoms with Crippen molar-refractivity contribution in [1.29, 1.82) is 0 Å². The van der Waals surface area contributed by atoms with Crippen LogP contribution in [0.3, 0.4) is 0 Å². The Labute approximate surface area is 168 Å². The molecule has 0 saturated carbocycles. The number of sulfone groups is 1. The maximum absolute atomic E-state index is 12.3. The zero-order valence-corrected chi connectivity index (χ0v) is 18.0. The zero-order chi connectivity index (χ0) is 20.9. The third-order valence-electron chi connectivity index (χ3n) is 4.92. The van der Waals surface area contributed by atoms with E-state index in [-0.39, 0.29) is 29.5 Å². The minimum Gasteiger partial charge on any atom is -0.343 e. The van der Waals surface area contributed by atoms with E-state index >= 15 is 0 Å². The number of rotatable bonds is 6. The molecule has 1 N–H and O–H groups in total. The molecular weight excluding hydrogens is 378 g/mol. The molecule has 156 valence electrons. The van der Waals surface area contributed by atoms with Crippen LogP contribution in [-0.2, 0) is 20.0 Å². The average Bonchev–Trinajstić information content (AvgIpc) is 2.63. The maximum Gasteiger partial charge on any atom is 0.251 e. The topological polar surface area (TPSA) is 86.8 Å². The van der Waals surface area contributed by atoms with Crippen molar-refractivity contribution in [1.82, 2.24) is 15.1 Å². The number of benzene rings is 1. The van der Waals surface area contributed by atoms with Gasteiger partial charge in [0.1, 0.15) is 9.84 Å². The van der Waals surface area contributed by atoms with Gasteiger partial charge in [0.25, 0.3) is 5.91 Å². The fraction of sp³-hybridized carbons (Fsp3) is 0.600. The van der Waals surface area contributed by atoms with Crippen LogP contribution in [0.15, 0.2) is 24.3 Å². The minimum absolute atomic E-state index is 0.0223. The number of carbonyl (C=O) groups excluding carboxylic acids is 2. The van der Waals surface area contributed by atoms with E-state index in [0.717, 1.165) is 5.56 Å². The first kappa shape index (κ1) is 22.4. The van der Waals surface area contributed by atoms with Gasteiger partial charge in [-0.15, -0.1) is 0 Å². The van der Waals surface area contributed by atoms with Crippen LogP contribution in [0.1, 0.15) is 36.7 Å². The van der Waals surface area contributed by atoms with E-state index in [4.69, 9.17) is 0 Å². The zero-order valence-electron chi connectivity index (χ0n) is 17.2. The number of nitrogens with one attached hydrogen (secondary N) is 1. The Morgan fingerprint density at radius 1 is 1.04 bits per heavy atom. The molecular formula is C20H31N3O4S. The van der Waals surface area contributed by atoms with E-state index in [0.29, 0.717) is 38.3 Å². The first-order chi connectivity index (χ1) is 13.0. The van der Waals surface area contributed by atoms with Gasteiger partial charge in [-0.1, -0.05) is 32.9 Å². The molecule has 0 aliphatic carbocycles. The van der Waals surface area contributed by atoms with Crippen molar-refractivity contribution in [2.24, 2.45) is 0 Å². The number of piperazine rings is 1. The quantitative estimate of drug-likeness (QED) is 0.754. The molecule has 1 aliphatic heterocycles. The first-order valence-electron chi connectivity index (χ1n) is 9.52. The normalized spacial score (nSPS) is 16.1. The van der Waals surface area contributed by atoms with Crippen LogP contribution >= 0.6 is 0 Å². The van der Waals surface area contributed by atoms with E-state index in [9.17, 15) is 18.0 Å². The van der Waals surface area contributed by atoms with Crippen molar-refractivity contribution in [3.8, 4) is 0 Å². The van der Waals surface area contributed by atoms with E-state index < -0.39 is 9.84 Å². The molecule has 2 amide bonds. The molecule has 28 heavy (non-hydrogen) atoms. The second-order valence-corrected chi connectivity index (χ2v) is 10.6. The summed E-state index contributed by atoms with van der Waals surface area (Å²) in [5, 5.41) is 2.69. The van der Waals surface area contributed by atoms with Crippen molar-refractivity contribution in [2.45, 2.75) is 26.2 Å². The van der Waals surface area contributed by atoms with Gasteiger partial charge in [-0.2, -0.15) is 0 Å². The molecule has 0 bridgehead atoms. The lowest BCUT2D eigenvalue weighted by Gasteiger charge is -2.34. The molecule has 1 aliphatic rings. The molecule has 0 atom stereocenters. The highest BCUT2D eigenvalue weighted by atomic mass is 32.2. The van der Waals surface area contributed by atoms with Crippen molar-refractivity contribution >= 4 is 21.7 Å². The fourth-order valence-electron chi connectivity index (χ4n) is 3.01. The van der Waals surface area contributed by atoms with Crippen LogP contribution in [0.25, 0.3) is 0 Å². The molecule has 7 nitrogen and oxygen atoms in total. The van der Waals surface area contributed by atoms with Gasteiger partial charge in [0, 0.05) is 44.5 Å². The molecule has 0 radical (unpaired) electrons. The molecule has 1 fully saturated rings. The molecule has 8 heteroatoms. The minimum atomic E-state index is -2.98. The van der Waals surface area contributed by atoms with Crippen LogP contribution < -0.4 is 5.32 Å². The summed E-state index contributed by atoms with van der Waals surface area (Å²) in [4.78, 5) is 28.4. The van der Waals surface area contributed by atoms with Gasteiger partial charge in [0.15, 0.2) is 0 Å².